The average molecular weight is 384 g/mol. The minimum absolute atomic E-state index is 0.255. The van der Waals surface area contributed by atoms with Crippen LogP contribution in [0, 0.1) is 10.1 Å². The van der Waals surface area contributed by atoms with E-state index in [1.807, 2.05) is 25.9 Å². The number of amides is 2. The molecule has 0 aliphatic rings. The lowest BCUT2D eigenvalue weighted by atomic mass is 10.4. The van der Waals surface area contributed by atoms with Gasteiger partial charge in [-0.3, -0.25) is 14.6 Å². The van der Waals surface area contributed by atoms with Crippen LogP contribution in [0.2, 0.25) is 0 Å². The van der Waals surface area contributed by atoms with Gasteiger partial charge in [0, 0.05) is 32.3 Å². The van der Waals surface area contributed by atoms with Crippen LogP contribution >= 0.6 is 0 Å². The standard InChI is InChI=1S/C15H28N8O4/c1-6-9-22(20(4)5)12(24)11-21-13(17-15(18-21)23(26)27)14(25)16-8-7-10-19(2)3/h6-11H2,1-5H3,(H,16,25). The van der Waals surface area contributed by atoms with Crippen LogP contribution in [-0.4, -0.2) is 94.2 Å². The third kappa shape index (κ3) is 6.90. The van der Waals surface area contributed by atoms with E-state index >= 15 is 0 Å². The first-order valence-electron chi connectivity index (χ1n) is 8.67. The molecule has 1 rings (SSSR count). The summed E-state index contributed by atoms with van der Waals surface area (Å²) in [5.74, 6) is -1.92. The van der Waals surface area contributed by atoms with Gasteiger partial charge in [0.1, 0.15) is 6.54 Å². The second kappa shape index (κ2) is 10.5. The van der Waals surface area contributed by atoms with Crippen LogP contribution in [0.15, 0.2) is 0 Å². The summed E-state index contributed by atoms with van der Waals surface area (Å²) in [5.41, 5.74) is 0. The van der Waals surface area contributed by atoms with E-state index in [-0.39, 0.29) is 18.3 Å². The van der Waals surface area contributed by atoms with Gasteiger partial charge in [0.2, 0.25) is 0 Å². The molecule has 1 heterocycles. The summed E-state index contributed by atoms with van der Waals surface area (Å²) in [7, 11) is 7.27. The summed E-state index contributed by atoms with van der Waals surface area (Å²) in [4.78, 5) is 40.7. The van der Waals surface area contributed by atoms with E-state index < -0.39 is 16.8 Å². The third-order valence-electron chi connectivity index (χ3n) is 3.59. The van der Waals surface area contributed by atoms with Gasteiger partial charge in [-0.1, -0.05) is 6.92 Å². The van der Waals surface area contributed by atoms with Crippen molar-refractivity contribution in [2.24, 2.45) is 0 Å². The number of hydrogen-bond acceptors (Lipinski definition) is 8. The molecular formula is C15H28N8O4. The van der Waals surface area contributed by atoms with Crippen LogP contribution in [0.25, 0.3) is 0 Å². The molecule has 1 aromatic rings. The fraction of sp³-hybridized carbons (Fsp3) is 0.733. The number of hydrazine groups is 1. The minimum Gasteiger partial charge on any atom is -0.390 e. The van der Waals surface area contributed by atoms with Crippen LogP contribution in [0.3, 0.4) is 0 Å². The Morgan fingerprint density at radius 3 is 2.41 bits per heavy atom. The van der Waals surface area contributed by atoms with Gasteiger partial charge in [-0.2, -0.15) is 4.68 Å². The zero-order valence-corrected chi connectivity index (χ0v) is 16.5. The van der Waals surface area contributed by atoms with Crippen molar-refractivity contribution in [3.8, 4) is 0 Å². The van der Waals surface area contributed by atoms with Crippen LogP contribution in [-0.2, 0) is 11.3 Å². The van der Waals surface area contributed by atoms with E-state index in [1.54, 1.807) is 19.1 Å². The molecule has 1 aromatic heterocycles. The van der Waals surface area contributed by atoms with E-state index in [2.05, 4.69) is 15.4 Å². The third-order valence-corrected chi connectivity index (χ3v) is 3.59. The minimum atomic E-state index is -0.792. The Morgan fingerprint density at radius 1 is 1.22 bits per heavy atom. The monoisotopic (exact) mass is 384 g/mol. The van der Waals surface area contributed by atoms with Crippen LogP contribution in [0.4, 0.5) is 5.95 Å². The zero-order chi connectivity index (χ0) is 20.6. The van der Waals surface area contributed by atoms with E-state index in [4.69, 9.17) is 0 Å². The highest BCUT2D eigenvalue weighted by atomic mass is 16.6. The highest BCUT2D eigenvalue weighted by Gasteiger charge is 2.29. The molecule has 2 amide bonds. The first kappa shape index (κ1) is 22.4. The van der Waals surface area contributed by atoms with Crippen molar-refractivity contribution in [1.29, 1.82) is 0 Å². The highest BCUT2D eigenvalue weighted by Crippen LogP contribution is 2.08. The summed E-state index contributed by atoms with van der Waals surface area (Å²) in [6, 6.07) is 0. The van der Waals surface area contributed by atoms with Gasteiger partial charge in [-0.15, -0.1) is 0 Å². The molecule has 12 heteroatoms. The van der Waals surface area contributed by atoms with Gasteiger partial charge in [0.05, 0.1) is 0 Å². The molecule has 0 saturated carbocycles. The van der Waals surface area contributed by atoms with Gasteiger partial charge < -0.3 is 20.3 Å². The van der Waals surface area contributed by atoms with Gasteiger partial charge in [0.25, 0.3) is 5.91 Å². The molecule has 12 nitrogen and oxygen atoms in total. The molecule has 0 atom stereocenters. The largest absolute Gasteiger partial charge is 0.491 e. The number of nitrogens with one attached hydrogen (secondary N) is 1. The second-order valence-electron chi connectivity index (χ2n) is 6.43. The van der Waals surface area contributed by atoms with Crippen molar-refractivity contribution in [3.05, 3.63) is 15.9 Å². The van der Waals surface area contributed by atoms with Crippen molar-refractivity contribution in [2.75, 3.05) is 47.8 Å². The second-order valence-corrected chi connectivity index (χ2v) is 6.43. The van der Waals surface area contributed by atoms with Crippen molar-refractivity contribution >= 4 is 17.8 Å². The fourth-order valence-corrected chi connectivity index (χ4v) is 2.33. The van der Waals surface area contributed by atoms with Crippen molar-refractivity contribution in [2.45, 2.75) is 26.3 Å². The lowest BCUT2D eigenvalue weighted by Gasteiger charge is -2.28. The maximum atomic E-state index is 12.5. The number of hydrogen-bond donors (Lipinski definition) is 1. The first-order chi connectivity index (χ1) is 12.7. The molecule has 0 bridgehead atoms. The number of rotatable bonds is 11. The molecule has 0 aliphatic heterocycles. The molecule has 0 fully saturated rings. The highest BCUT2D eigenvalue weighted by molar-refractivity contribution is 5.91. The number of nitro groups is 1. The average Bonchev–Trinajstić information content (AvgIpc) is 2.99. The van der Waals surface area contributed by atoms with Gasteiger partial charge in [-0.25, -0.2) is 5.01 Å². The Kier molecular flexibility index (Phi) is 8.75. The van der Waals surface area contributed by atoms with E-state index in [0.29, 0.717) is 19.5 Å². The van der Waals surface area contributed by atoms with Crippen LogP contribution < -0.4 is 5.32 Å². The Balaban J connectivity index is 2.93. The van der Waals surface area contributed by atoms with Crippen molar-refractivity contribution in [3.63, 3.8) is 0 Å². The number of carbonyl (C=O) groups excluding carboxylic acids is 2. The fourth-order valence-electron chi connectivity index (χ4n) is 2.33. The van der Waals surface area contributed by atoms with Gasteiger partial charge >= 0.3 is 17.7 Å². The first-order valence-corrected chi connectivity index (χ1v) is 8.67. The predicted octanol–water partition coefficient (Wildman–Crippen LogP) is -0.417. The van der Waals surface area contributed by atoms with E-state index in [1.165, 1.54) is 5.01 Å². The molecule has 0 aromatic carbocycles. The molecule has 0 saturated heterocycles. The zero-order valence-electron chi connectivity index (χ0n) is 16.5. The van der Waals surface area contributed by atoms with Crippen LogP contribution in [0.1, 0.15) is 30.4 Å². The molecule has 0 unspecified atom stereocenters. The van der Waals surface area contributed by atoms with E-state index in [0.717, 1.165) is 17.6 Å². The molecule has 0 spiro atoms. The van der Waals surface area contributed by atoms with Crippen molar-refractivity contribution in [1.82, 2.24) is 35.0 Å². The lowest BCUT2D eigenvalue weighted by molar-refractivity contribution is -0.394. The summed E-state index contributed by atoms with van der Waals surface area (Å²) in [6.45, 7) is 3.25. The summed E-state index contributed by atoms with van der Waals surface area (Å²) >= 11 is 0. The SMILES string of the molecule is CCCN(C(=O)Cn1nc([N+](=O)[O-])nc1C(=O)NCCCN(C)C)N(C)C. The molecule has 0 aliphatic carbocycles. The van der Waals surface area contributed by atoms with E-state index in [9.17, 15) is 19.7 Å². The number of aromatic nitrogens is 3. The summed E-state index contributed by atoms with van der Waals surface area (Å²) < 4.78 is 0.980. The topological polar surface area (TPSA) is 130 Å². The molecule has 1 N–H and O–H groups in total. The normalized spacial score (nSPS) is 11.1. The molecule has 0 radical (unpaired) electrons. The van der Waals surface area contributed by atoms with Gasteiger partial charge in [0.15, 0.2) is 0 Å². The molecule has 152 valence electrons. The molecule has 27 heavy (non-hydrogen) atoms. The maximum Gasteiger partial charge on any atom is 0.491 e. The quantitative estimate of drug-likeness (QED) is 0.309. The Bertz CT molecular complexity index is 658. The molecular weight excluding hydrogens is 356 g/mol. The number of carbonyl (C=O) groups is 2. The Hall–Kier alpha value is -2.60. The maximum absolute atomic E-state index is 12.5. The van der Waals surface area contributed by atoms with Crippen LogP contribution in [0.5, 0.6) is 0 Å². The lowest BCUT2D eigenvalue weighted by Crippen LogP contribution is -2.44. The van der Waals surface area contributed by atoms with Crippen molar-refractivity contribution < 1.29 is 14.5 Å². The summed E-state index contributed by atoms with van der Waals surface area (Å²) in [6.07, 6.45) is 1.44. The summed E-state index contributed by atoms with van der Waals surface area (Å²) in [5, 5.41) is 20.4. The number of nitrogens with zero attached hydrogens (tertiary/aromatic N) is 7. The Morgan fingerprint density at radius 2 is 1.89 bits per heavy atom. The van der Waals surface area contributed by atoms with Gasteiger partial charge in [-0.05, 0) is 43.4 Å². The predicted molar refractivity (Wildman–Crippen MR) is 97.9 cm³/mol. The smallest absolute Gasteiger partial charge is 0.390 e. The Labute approximate surface area is 158 Å².